The van der Waals surface area contributed by atoms with E-state index >= 15 is 0 Å². The van der Waals surface area contributed by atoms with Crippen molar-refractivity contribution in [3.8, 4) is 11.4 Å². The number of carbonyl (C=O) groups excluding carboxylic acids is 1. The van der Waals surface area contributed by atoms with Gasteiger partial charge in [-0.2, -0.15) is 5.10 Å². The number of hydrogen-bond donors (Lipinski definition) is 1. The predicted octanol–water partition coefficient (Wildman–Crippen LogP) is 3.78. The van der Waals surface area contributed by atoms with Crippen molar-refractivity contribution in [2.24, 2.45) is 0 Å². The minimum Gasteiger partial charge on any atom is -0.497 e. The van der Waals surface area contributed by atoms with E-state index in [2.05, 4.69) is 33.8 Å². The Labute approximate surface area is 177 Å². The summed E-state index contributed by atoms with van der Waals surface area (Å²) in [5, 5.41) is 7.83. The van der Waals surface area contributed by atoms with E-state index in [-0.39, 0.29) is 11.9 Å². The number of methoxy groups -OCH3 is 1. The fourth-order valence-electron chi connectivity index (χ4n) is 4.15. The Morgan fingerprint density at radius 1 is 1.30 bits per heavy atom. The molecule has 0 bridgehead atoms. The molecule has 30 heavy (non-hydrogen) atoms. The van der Waals surface area contributed by atoms with Gasteiger partial charge in [0.25, 0.3) is 0 Å². The van der Waals surface area contributed by atoms with Gasteiger partial charge in [-0.15, -0.1) is 0 Å². The van der Waals surface area contributed by atoms with Gasteiger partial charge >= 0.3 is 0 Å². The van der Waals surface area contributed by atoms with Crippen LogP contribution in [-0.2, 0) is 17.8 Å². The summed E-state index contributed by atoms with van der Waals surface area (Å²) in [4.78, 5) is 17.1. The number of nitrogens with one attached hydrogen (secondary N) is 1. The van der Waals surface area contributed by atoms with Gasteiger partial charge in [0.1, 0.15) is 11.6 Å². The largest absolute Gasteiger partial charge is 0.497 e. The number of rotatable bonds is 7. The summed E-state index contributed by atoms with van der Waals surface area (Å²) in [6.07, 6.45) is 9.01. The van der Waals surface area contributed by atoms with Crippen LogP contribution in [0, 0.1) is 0 Å². The fourth-order valence-corrected chi connectivity index (χ4v) is 4.15. The molecule has 0 saturated heterocycles. The maximum absolute atomic E-state index is 12.7. The molecule has 2 heterocycles. The standard InChI is InChI=1S/C23H29N5O2/c1-16(2)23-24-12-14-27(23)13-11-22(29)26-20-5-4-6-21-19(20)15-25-28(21)17-7-9-18(30-3)10-8-17/h7-10,12,14-16,20H,4-6,11,13H2,1-3H3,(H,26,29). The molecule has 4 rings (SSSR count). The Balaban J connectivity index is 1.43. The van der Waals surface area contributed by atoms with Gasteiger partial charge in [-0.25, -0.2) is 9.67 Å². The van der Waals surface area contributed by atoms with E-state index in [0.717, 1.165) is 42.1 Å². The second-order valence-electron chi connectivity index (χ2n) is 8.05. The van der Waals surface area contributed by atoms with Gasteiger partial charge in [-0.05, 0) is 43.5 Å². The van der Waals surface area contributed by atoms with E-state index in [9.17, 15) is 4.79 Å². The zero-order chi connectivity index (χ0) is 21.1. The molecule has 0 aliphatic heterocycles. The van der Waals surface area contributed by atoms with Crippen LogP contribution in [0.4, 0.5) is 0 Å². The molecule has 1 amide bonds. The van der Waals surface area contributed by atoms with E-state index in [1.807, 2.05) is 41.3 Å². The summed E-state index contributed by atoms with van der Waals surface area (Å²) >= 11 is 0. The Morgan fingerprint density at radius 3 is 2.83 bits per heavy atom. The molecule has 0 radical (unpaired) electrons. The van der Waals surface area contributed by atoms with Crippen LogP contribution in [0.3, 0.4) is 0 Å². The highest BCUT2D eigenvalue weighted by molar-refractivity contribution is 5.76. The number of amides is 1. The summed E-state index contributed by atoms with van der Waals surface area (Å²) in [6, 6.07) is 7.90. The van der Waals surface area contributed by atoms with E-state index in [4.69, 9.17) is 4.74 Å². The first kappa shape index (κ1) is 20.2. The van der Waals surface area contributed by atoms with Crippen molar-refractivity contribution < 1.29 is 9.53 Å². The SMILES string of the molecule is COc1ccc(-n2ncc3c2CCCC3NC(=O)CCn2ccnc2C(C)C)cc1. The smallest absolute Gasteiger partial charge is 0.222 e. The number of aryl methyl sites for hydroxylation is 1. The fraction of sp³-hybridized carbons (Fsp3) is 0.435. The first-order valence-electron chi connectivity index (χ1n) is 10.6. The van der Waals surface area contributed by atoms with Crippen molar-refractivity contribution in [1.29, 1.82) is 0 Å². The van der Waals surface area contributed by atoms with Crippen molar-refractivity contribution in [3.05, 3.63) is 59.9 Å². The first-order valence-corrected chi connectivity index (χ1v) is 10.6. The molecule has 3 aromatic rings. The second-order valence-corrected chi connectivity index (χ2v) is 8.05. The van der Waals surface area contributed by atoms with Gasteiger partial charge in [-0.1, -0.05) is 13.8 Å². The van der Waals surface area contributed by atoms with Crippen LogP contribution in [0.5, 0.6) is 5.75 Å². The minimum atomic E-state index is 0.0144. The van der Waals surface area contributed by atoms with Crippen molar-refractivity contribution in [3.63, 3.8) is 0 Å². The van der Waals surface area contributed by atoms with Crippen molar-refractivity contribution in [2.75, 3.05) is 7.11 Å². The number of aromatic nitrogens is 4. The summed E-state index contributed by atoms with van der Waals surface area (Å²) in [5.74, 6) is 2.24. The molecular weight excluding hydrogens is 378 g/mol. The third-order valence-corrected chi connectivity index (χ3v) is 5.68. The quantitative estimate of drug-likeness (QED) is 0.647. The van der Waals surface area contributed by atoms with Crippen LogP contribution < -0.4 is 10.1 Å². The molecule has 7 heteroatoms. The normalized spacial score (nSPS) is 15.8. The third kappa shape index (κ3) is 4.10. The molecule has 1 atom stereocenters. The van der Waals surface area contributed by atoms with Crippen LogP contribution in [-0.4, -0.2) is 32.3 Å². The number of imidazole rings is 1. The number of ether oxygens (including phenoxy) is 1. The molecule has 158 valence electrons. The third-order valence-electron chi connectivity index (χ3n) is 5.68. The highest BCUT2D eigenvalue weighted by Gasteiger charge is 2.26. The molecule has 2 aromatic heterocycles. The molecular formula is C23H29N5O2. The molecule has 0 spiro atoms. The average Bonchev–Trinajstić information content (AvgIpc) is 3.40. The van der Waals surface area contributed by atoms with Gasteiger partial charge in [0.15, 0.2) is 0 Å². The molecule has 0 saturated carbocycles. The van der Waals surface area contributed by atoms with E-state index in [0.29, 0.717) is 18.9 Å². The molecule has 0 fully saturated rings. The molecule has 1 aromatic carbocycles. The highest BCUT2D eigenvalue weighted by Crippen LogP contribution is 2.31. The predicted molar refractivity (Wildman–Crippen MR) is 115 cm³/mol. The highest BCUT2D eigenvalue weighted by atomic mass is 16.5. The summed E-state index contributed by atoms with van der Waals surface area (Å²) in [7, 11) is 1.66. The molecule has 1 N–H and O–H groups in total. The van der Waals surface area contributed by atoms with Crippen molar-refractivity contribution >= 4 is 5.91 Å². The van der Waals surface area contributed by atoms with E-state index < -0.39 is 0 Å². The van der Waals surface area contributed by atoms with E-state index in [1.165, 1.54) is 5.69 Å². The van der Waals surface area contributed by atoms with Gasteiger partial charge in [0.2, 0.25) is 5.91 Å². The number of hydrogen-bond acceptors (Lipinski definition) is 4. The van der Waals surface area contributed by atoms with Gasteiger partial charge in [-0.3, -0.25) is 4.79 Å². The lowest BCUT2D eigenvalue weighted by atomic mass is 9.92. The van der Waals surface area contributed by atoms with Gasteiger partial charge in [0.05, 0.1) is 25.0 Å². The molecule has 1 unspecified atom stereocenters. The zero-order valence-corrected chi connectivity index (χ0v) is 17.8. The Morgan fingerprint density at radius 2 is 2.10 bits per heavy atom. The number of nitrogens with zero attached hydrogens (tertiary/aromatic N) is 4. The van der Waals surface area contributed by atoms with Gasteiger partial charge < -0.3 is 14.6 Å². The van der Waals surface area contributed by atoms with Gasteiger partial charge in [0, 0.05) is 42.5 Å². The lowest BCUT2D eigenvalue weighted by molar-refractivity contribution is -0.122. The van der Waals surface area contributed by atoms with Crippen molar-refractivity contribution in [2.45, 2.75) is 58.0 Å². The maximum atomic E-state index is 12.7. The van der Waals surface area contributed by atoms with Crippen LogP contribution in [0.25, 0.3) is 5.69 Å². The van der Waals surface area contributed by atoms with E-state index in [1.54, 1.807) is 13.3 Å². The summed E-state index contributed by atoms with van der Waals surface area (Å²) < 4.78 is 9.29. The zero-order valence-electron chi connectivity index (χ0n) is 17.8. The number of carbonyl (C=O) groups is 1. The Hall–Kier alpha value is -3.09. The lowest BCUT2D eigenvalue weighted by Gasteiger charge is -2.24. The Bertz CT molecular complexity index is 1000. The summed E-state index contributed by atoms with van der Waals surface area (Å²) in [5.41, 5.74) is 3.30. The molecule has 1 aliphatic carbocycles. The molecule has 7 nitrogen and oxygen atoms in total. The molecule has 1 aliphatic rings. The average molecular weight is 408 g/mol. The Kier molecular flexibility index (Phi) is 5.88. The topological polar surface area (TPSA) is 74.0 Å². The number of benzene rings is 1. The summed E-state index contributed by atoms with van der Waals surface area (Å²) in [6.45, 7) is 4.87. The van der Waals surface area contributed by atoms with Crippen LogP contribution in [0.1, 0.15) is 62.2 Å². The van der Waals surface area contributed by atoms with Crippen LogP contribution in [0.15, 0.2) is 42.9 Å². The van der Waals surface area contributed by atoms with Crippen molar-refractivity contribution in [1.82, 2.24) is 24.6 Å². The minimum absolute atomic E-state index is 0.0144. The second kappa shape index (κ2) is 8.73. The number of fused-ring (bicyclic) bond motifs is 1. The maximum Gasteiger partial charge on any atom is 0.222 e. The monoisotopic (exact) mass is 407 g/mol. The van der Waals surface area contributed by atoms with Crippen LogP contribution in [0.2, 0.25) is 0 Å². The first-order chi connectivity index (χ1) is 14.6. The lowest BCUT2D eigenvalue weighted by Crippen LogP contribution is -2.31. The van der Waals surface area contributed by atoms with Crippen LogP contribution >= 0.6 is 0 Å².